The summed E-state index contributed by atoms with van der Waals surface area (Å²) in [5, 5.41) is 6.09. The normalized spacial score (nSPS) is 16.0. The fraction of sp³-hybridized carbons (Fsp3) is 0.318. The van der Waals surface area contributed by atoms with E-state index in [2.05, 4.69) is 27.2 Å². The lowest BCUT2D eigenvalue weighted by atomic mass is 9.96. The maximum absolute atomic E-state index is 12.7. The Hall–Kier alpha value is -3.08. The Balaban J connectivity index is 0.000000499. The number of phosphoric acid groups is 1. The van der Waals surface area contributed by atoms with E-state index in [9.17, 15) is 4.79 Å². The molecule has 0 aliphatic carbocycles. The van der Waals surface area contributed by atoms with Gasteiger partial charge in [0.2, 0.25) is 5.88 Å². The van der Waals surface area contributed by atoms with Crippen molar-refractivity contribution < 1.29 is 28.7 Å². The number of aromatic amines is 1. The number of rotatable bonds is 3. The van der Waals surface area contributed by atoms with Crippen LogP contribution in [0, 0.1) is 13.8 Å². The molecule has 0 saturated carbocycles. The summed E-state index contributed by atoms with van der Waals surface area (Å²) >= 11 is 0. The van der Waals surface area contributed by atoms with Crippen molar-refractivity contribution in [2.75, 3.05) is 20.3 Å². The first kappa shape index (κ1) is 24.1. The Labute approximate surface area is 194 Å². The third kappa shape index (κ3) is 4.75. The molecule has 1 aliphatic heterocycles. The first-order valence-electron chi connectivity index (χ1n) is 10.5. The number of benzene rings is 1. The van der Waals surface area contributed by atoms with Gasteiger partial charge in [0.1, 0.15) is 0 Å². The van der Waals surface area contributed by atoms with Gasteiger partial charge in [-0.2, -0.15) is 5.10 Å². The summed E-state index contributed by atoms with van der Waals surface area (Å²) in [7, 11) is -3.02. The number of hydrogen-bond acceptors (Lipinski definition) is 6. The molecular formula is C22H25N4O7P. The molecule has 0 bridgehead atoms. The summed E-state index contributed by atoms with van der Waals surface area (Å²) in [5.41, 5.74) is 5.64. The zero-order valence-electron chi connectivity index (χ0n) is 18.8. The van der Waals surface area contributed by atoms with Gasteiger partial charge in [0.15, 0.2) is 0 Å². The Morgan fingerprint density at radius 3 is 2.59 bits per heavy atom. The van der Waals surface area contributed by atoms with E-state index in [0.717, 1.165) is 51.7 Å². The third-order valence-electron chi connectivity index (χ3n) is 5.76. The number of nitrogens with one attached hydrogen (secondary N) is 1. The van der Waals surface area contributed by atoms with E-state index >= 15 is 0 Å². The molecule has 4 N–H and O–H groups in total. The summed E-state index contributed by atoms with van der Waals surface area (Å²) in [6.07, 6.45) is 4.37. The molecule has 11 nitrogen and oxygen atoms in total. The van der Waals surface area contributed by atoms with Crippen LogP contribution in [0.1, 0.15) is 23.6 Å². The number of aryl methyl sites for hydroxylation is 1. The lowest BCUT2D eigenvalue weighted by Gasteiger charge is -2.14. The van der Waals surface area contributed by atoms with E-state index in [-0.39, 0.29) is 11.6 Å². The van der Waals surface area contributed by atoms with Crippen LogP contribution < -0.4 is 10.3 Å². The number of methoxy groups -OCH3 is 1. The molecule has 0 spiro atoms. The Morgan fingerprint density at radius 2 is 1.94 bits per heavy atom. The summed E-state index contributed by atoms with van der Waals surface area (Å²) in [4.78, 5) is 41.7. The van der Waals surface area contributed by atoms with Crippen molar-refractivity contribution in [3.63, 3.8) is 0 Å². The molecule has 4 aromatic rings. The number of pyridine rings is 2. The van der Waals surface area contributed by atoms with Crippen molar-refractivity contribution in [3.05, 3.63) is 52.1 Å². The second kappa shape index (κ2) is 9.28. The molecular weight excluding hydrogens is 463 g/mol. The molecule has 5 rings (SSSR count). The largest absolute Gasteiger partial charge is 0.481 e. The van der Waals surface area contributed by atoms with Crippen molar-refractivity contribution in [2.24, 2.45) is 0 Å². The van der Waals surface area contributed by atoms with Gasteiger partial charge in [0.05, 0.1) is 42.4 Å². The van der Waals surface area contributed by atoms with Crippen LogP contribution in [0.4, 0.5) is 0 Å². The molecule has 1 aromatic carbocycles. The van der Waals surface area contributed by atoms with E-state index in [1.54, 1.807) is 13.3 Å². The zero-order valence-corrected chi connectivity index (χ0v) is 19.7. The lowest BCUT2D eigenvalue weighted by Crippen LogP contribution is -2.12. The molecule has 1 aliphatic rings. The predicted octanol–water partition coefficient (Wildman–Crippen LogP) is 2.60. The minimum atomic E-state index is -4.64. The molecule has 34 heavy (non-hydrogen) atoms. The van der Waals surface area contributed by atoms with Crippen LogP contribution in [0.15, 0.2) is 35.4 Å². The van der Waals surface area contributed by atoms with Gasteiger partial charge >= 0.3 is 7.82 Å². The molecule has 1 atom stereocenters. The van der Waals surface area contributed by atoms with E-state index in [1.807, 2.05) is 30.8 Å². The molecule has 1 fully saturated rings. The van der Waals surface area contributed by atoms with Crippen LogP contribution in [-0.4, -0.2) is 54.8 Å². The predicted molar refractivity (Wildman–Crippen MR) is 126 cm³/mol. The number of aromatic nitrogens is 4. The van der Waals surface area contributed by atoms with E-state index in [4.69, 9.17) is 28.7 Å². The van der Waals surface area contributed by atoms with E-state index in [0.29, 0.717) is 17.9 Å². The third-order valence-corrected chi connectivity index (χ3v) is 5.76. The first-order chi connectivity index (χ1) is 16.1. The highest BCUT2D eigenvalue weighted by atomic mass is 31.2. The second-order valence-corrected chi connectivity index (χ2v) is 9.07. The maximum Gasteiger partial charge on any atom is 0.466 e. The molecule has 0 radical (unpaired) electrons. The molecule has 0 amide bonds. The van der Waals surface area contributed by atoms with Crippen molar-refractivity contribution >= 4 is 29.6 Å². The monoisotopic (exact) mass is 488 g/mol. The minimum Gasteiger partial charge on any atom is -0.481 e. The van der Waals surface area contributed by atoms with Crippen LogP contribution in [-0.2, 0) is 9.30 Å². The molecule has 12 heteroatoms. The highest BCUT2D eigenvalue weighted by Crippen LogP contribution is 2.34. The van der Waals surface area contributed by atoms with Gasteiger partial charge in [-0.05, 0) is 43.0 Å². The fourth-order valence-corrected chi connectivity index (χ4v) is 4.36. The van der Waals surface area contributed by atoms with E-state index in [1.165, 1.54) is 0 Å². The van der Waals surface area contributed by atoms with Crippen LogP contribution in [0.2, 0.25) is 0 Å². The van der Waals surface area contributed by atoms with Gasteiger partial charge < -0.3 is 29.1 Å². The summed E-state index contributed by atoms with van der Waals surface area (Å²) in [6.45, 7) is 5.37. The minimum absolute atomic E-state index is 0.129. The Kier molecular flexibility index (Phi) is 6.57. The quantitative estimate of drug-likeness (QED) is 0.318. The molecule has 1 saturated heterocycles. The number of ether oxygens (including phenoxy) is 2. The fourth-order valence-electron chi connectivity index (χ4n) is 4.36. The van der Waals surface area contributed by atoms with Crippen molar-refractivity contribution in [3.8, 4) is 17.0 Å². The number of H-pyrrole nitrogens is 1. The van der Waals surface area contributed by atoms with Crippen LogP contribution in [0.5, 0.6) is 5.88 Å². The van der Waals surface area contributed by atoms with Gasteiger partial charge in [-0.1, -0.05) is 12.1 Å². The zero-order chi connectivity index (χ0) is 24.6. The van der Waals surface area contributed by atoms with Crippen molar-refractivity contribution in [1.29, 1.82) is 0 Å². The topological polar surface area (TPSA) is 160 Å². The summed E-state index contributed by atoms with van der Waals surface area (Å²) in [5.74, 6) is 0.606. The van der Waals surface area contributed by atoms with Crippen LogP contribution in [0.3, 0.4) is 0 Å². The molecule has 3 aromatic heterocycles. The van der Waals surface area contributed by atoms with Crippen molar-refractivity contribution in [2.45, 2.75) is 26.3 Å². The van der Waals surface area contributed by atoms with Gasteiger partial charge in [0, 0.05) is 23.8 Å². The number of hydrogen-bond donors (Lipinski definition) is 4. The second-order valence-electron chi connectivity index (χ2n) is 8.05. The van der Waals surface area contributed by atoms with Gasteiger partial charge in [-0.3, -0.25) is 9.48 Å². The average Bonchev–Trinajstić information content (AvgIpc) is 3.43. The highest BCUT2D eigenvalue weighted by molar-refractivity contribution is 7.45. The number of nitrogens with zero attached hydrogens (tertiary/aromatic N) is 3. The smallest absolute Gasteiger partial charge is 0.466 e. The first-order valence-corrected chi connectivity index (χ1v) is 12.0. The van der Waals surface area contributed by atoms with Crippen LogP contribution in [0.25, 0.3) is 32.9 Å². The molecule has 0 unspecified atom stereocenters. The van der Waals surface area contributed by atoms with Crippen molar-refractivity contribution in [1.82, 2.24) is 19.7 Å². The average molecular weight is 488 g/mol. The van der Waals surface area contributed by atoms with Crippen LogP contribution >= 0.6 is 7.82 Å². The Morgan fingerprint density at radius 1 is 1.21 bits per heavy atom. The van der Waals surface area contributed by atoms with Gasteiger partial charge in [-0.15, -0.1) is 0 Å². The maximum atomic E-state index is 12.7. The standard InChI is InChI=1S/C22H22N4O3.H3O4P/c1-12-9-23-22(28-3)13(2)19(12)14-4-5-16-18(8-14)25-21(27)17-10-24-26(20(16)17)15-6-7-29-11-15;1-5(2,3)4/h4-5,8-10,15H,6-7,11H2,1-3H3,(H,25,27);(H3,1,2,3,4)/t15-;/m0./s1. The van der Waals surface area contributed by atoms with Gasteiger partial charge in [0.25, 0.3) is 5.56 Å². The van der Waals surface area contributed by atoms with Gasteiger partial charge in [-0.25, -0.2) is 9.55 Å². The number of fused-ring (bicyclic) bond motifs is 3. The van der Waals surface area contributed by atoms with E-state index < -0.39 is 7.82 Å². The summed E-state index contributed by atoms with van der Waals surface area (Å²) in [6, 6.07) is 6.32. The molecule has 4 heterocycles. The Bertz CT molecular complexity index is 1460. The summed E-state index contributed by atoms with van der Waals surface area (Å²) < 4.78 is 21.8. The SMILES string of the molecule is COc1ncc(C)c(-c2ccc3c(c2)[nH]c(=O)c2cnn([C@H]4CCOC4)c23)c1C.O=P(O)(O)O. The highest BCUT2D eigenvalue weighted by Gasteiger charge is 2.22. The lowest BCUT2D eigenvalue weighted by molar-refractivity contribution is 0.185. The molecule has 180 valence electrons.